The summed E-state index contributed by atoms with van der Waals surface area (Å²) in [6.07, 6.45) is -0.840. The van der Waals surface area contributed by atoms with Gasteiger partial charge in [-0.15, -0.1) is 0 Å². The van der Waals surface area contributed by atoms with Gasteiger partial charge in [-0.2, -0.15) is 0 Å². The predicted molar refractivity (Wildman–Crippen MR) is 170 cm³/mol. The van der Waals surface area contributed by atoms with Crippen LogP contribution in [0, 0.1) is 11.6 Å². The van der Waals surface area contributed by atoms with E-state index in [-0.39, 0.29) is 35.2 Å². The zero-order chi connectivity index (χ0) is 32.7. The van der Waals surface area contributed by atoms with Gasteiger partial charge in [-0.1, -0.05) is 64.7 Å². The highest BCUT2D eigenvalue weighted by Crippen LogP contribution is 2.46. The maximum absolute atomic E-state index is 14.6. The molecule has 0 saturated carbocycles. The quantitative estimate of drug-likeness (QED) is 0.0692. The fraction of sp³-hybridized carbons (Fsp3) is 0.212. The van der Waals surface area contributed by atoms with Crippen molar-refractivity contribution in [3.8, 4) is 5.75 Å². The van der Waals surface area contributed by atoms with Crippen LogP contribution in [0.4, 0.5) is 14.5 Å². The van der Waals surface area contributed by atoms with Crippen LogP contribution in [0.25, 0.3) is 10.4 Å². The molecule has 0 aromatic heterocycles. The van der Waals surface area contributed by atoms with Crippen LogP contribution in [-0.2, 0) is 22.5 Å². The number of rotatable bonds is 12. The molecular formula is C33H27Cl2F2N5O4. The summed E-state index contributed by atoms with van der Waals surface area (Å²) in [4.78, 5) is 22.2. The van der Waals surface area contributed by atoms with Crippen LogP contribution in [0.2, 0.25) is 10.0 Å². The molecule has 0 saturated heterocycles. The van der Waals surface area contributed by atoms with Crippen LogP contribution < -0.4 is 10.1 Å². The van der Waals surface area contributed by atoms with Gasteiger partial charge in [-0.25, -0.2) is 13.8 Å². The summed E-state index contributed by atoms with van der Waals surface area (Å²) in [6, 6.07) is 21.6. The minimum atomic E-state index is -1.81. The highest BCUT2D eigenvalue weighted by atomic mass is 35.5. The van der Waals surface area contributed by atoms with Gasteiger partial charge in [0.25, 0.3) is 5.91 Å². The summed E-state index contributed by atoms with van der Waals surface area (Å²) in [7, 11) is 0. The topological polar surface area (TPSA) is 129 Å². The van der Waals surface area contributed by atoms with E-state index >= 15 is 0 Å². The van der Waals surface area contributed by atoms with E-state index in [4.69, 9.17) is 42.8 Å². The molecule has 2 N–H and O–H groups in total. The molecule has 0 unspecified atom stereocenters. The number of nitrogens with one attached hydrogen (secondary N) is 1. The van der Waals surface area contributed by atoms with Crippen LogP contribution >= 0.6 is 23.2 Å². The van der Waals surface area contributed by atoms with E-state index in [0.717, 1.165) is 12.1 Å². The SMILES string of the molecule is [N-]=[N+]=Nc1ccccc1C[C@@]1(C(=O)NCc2c(F)cccc2F)N=C(c2ccc(OCCCO)cc2)O[C@@H]1c1ccc(Cl)cc1Cl. The molecular weight excluding hydrogens is 639 g/mol. The number of ether oxygens (including phenoxy) is 2. The first-order chi connectivity index (χ1) is 22.3. The molecule has 1 aliphatic rings. The Bertz CT molecular complexity index is 1800. The van der Waals surface area contributed by atoms with Crippen LogP contribution in [0.3, 0.4) is 0 Å². The highest BCUT2D eigenvalue weighted by Gasteiger charge is 2.54. The number of aliphatic hydroxyl groups is 1. The summed E-state index contributed by atoms with van der Waals surface area (Å²) in [6.45, 7) is -0.169. The Morgan fingerprint density at radius 2 is 1.80 bits per heavy atom. The molecule has 0 bridgehead atoms. The molecule has 0 fully saturated rings. The lowest BCUT2D eigenvalue weighted by atomic mass is 9.81. The Morgan fingerprint density at radius 1 is 1.07 bits per heavy atom. The molecule has 0 radical (unpaired) electrons. The van der Waals surface area contributed by atoms with Crippen molar-refractivity contribution in [1.82, 2.24) is 5.32 Å². The number of carbonyl (C=O) groups is 1. The van der Waals surface area contributed by atoms with Gasteiger partial charge in [0.2, 0.25) is 5.90 Å². The third-order valence-electron chi connectivity index (χ3n) is 7.37. The van der Waals surface area contributed by atoms with E-state index < -0.39 is 35.7 Å². The van der Waals surface area contributed by atoms with E-state index in [0.29, 0.717) is 40.5 Å². The molecule has 4 aromatic carbocycles. The Balaban J connectivity index is 1.64. The van der Waals surface area contributed by atoms with Gasteiger partial charge in [0.15, 0.2) is 11.6 Å². The van der Waals surface area contributed by atoms with Crippen molar-refractivity contribution in [2.45, 2.75) is 31.0 Å². The summed E-state index contributed by atoms with van der Waals surface area (Å²) in [5.74, 6) is -1.73. The number of amides is 1. The number of azide groups is 1. The predicted octanol–water partition coefficient (Wildman–Crippen LogP) is 7.79. The van der Waals surface area contributed by atoms with Crippen molar-refractivity contribution >= 4 is 40.7 Å². The number of hydrogen-bond acceptors (Lipinski definition) is 6. The normalized spacial score (nSPS) is 17.1. The molecule has 2 atom stereocenters. The fourth-order valence-corrected chi connectivity index (χ4v) is 5.60. The molecule has 4 aromatic rings. The zero-order valence-electron chi connectivity index (χ0n) is 24.2. The van der Waals surface area contributed by atoms with Gasteiger partial charge in [0.05, 0.1) is 6.61 Å². The van der Waals surface area contributed by atoms with Crippen LogP contribution in [-0.4, -0.2) is 35.7 Å². The number of aliphatic hydroxyl groups excluding tert-OH is 1. The fourth-order valence-electron chi connectivity index (χ4n) is 5.09. The molecule has 236 valence electrons. The number of carbonyl (C=O) groups excluding carboxylic acids is 1. The van der Waals surface area contributed by atoms with E-state index in [2.05, 4.69) is 15.3 Å². The van der Waals surface area contributed by atoms with Crippen LogP contribution in [0.1, 0.15) is 34.8 Å². The van der Waals surface area contributed by atoms with Crippen molar-refractivity contribution in [3.63, 3.8) is 0 Å². The molecule has 5 rings (SSSR count). The molecule has 13 heteroatoms. The lowest BCUT2D eigenvalue weighted by molar-refractivity contribution is -0.129. The van der Waals surface area contributed by atoms with E-state index in [1.807, 2.05) is 0 Å². The Hall–Kier alpha value is -4.67. The molecule has 1 amide bonds. The molecule has 1 aliphatic heterocycles. The van der Waals surface area contributed by atoms with E-state index in [9.17, 15) is 19.1 Å². The summed E-state index contributed by atoms with van der Waals surface area (Å²) in [5, 5.41) is 16.0. The number of nitrogens with zero attached hydrogens (tertiary/aromatic N) is 4. The second-order valence-corrected chi connectivity index (χ2v) is 11.2. The average molecular weight is 667 g/mol. The first-order valence-corrected chi connectivity index (χ1v) is 14.9. The smallest absolute Gasteiger partial charge is 0.252 e. The van der Waals surface area contributed by atoms with E-state index in [1.54, 1.807) is 60.7 Å². The number of halogens is 4. The minimum absolute atomic E-state index is 0.00607. The van der Waals surface area contributed by atoms with Crippen molar-refractivity contribution in [2.75, 3.05) is 13.2 Å². The first kappa shape index (κ1) is 32.7. The van der Waals surface area contributed by atoms with Gasteiger partial charge >= 0.3 is 0 Å². The maximum atomic E-state index is 14.6. The standard InChI is InChI=1S/C33H27Cl2F2N5O4/c34-22-11-14-24(26(35)17-22)30-33(18-21-5-1-2-8-29(21)41-42-38,32(44)39-19-25-27(36)6-3-7-28(25)37)40-31(46-30)20-9-12-23(13-10-20)45-16-4-15-43/h1-3,5-14,17,30,43H,4,15-16,18-19H2,(H,39,44)/t30-,33-/m1/s1. The largest absolute Gasteiger partial charge is 0.494 e. The van der Waals surface area contributed by atoms with Crippen molar-refractivity contribution in [3.05, 3.63) is 139 Å². The van der Waals surface area contributed by atoms with Crippen LogP contribution in [0.15, 0.2) is 95.0 Å². The third kappa shape index (κ3) is 7.08. The van der Waals surface area contributed by atoms with Crippen molar-refractivity contribution < 1.29 is 28.2 Å². The second-order valence-electron chi connectivity index (χ2n) is 10.3. The van der Waals surface area contributed by atoms with E-state index in [1.165, 1.54) is 12.1 Å². The first-order valence-electron chi connectivity index (χ1n) is 14.2. The Labute approximate surface area is 273 Å². The summed E-state index contributed by atoms with van der Waals surface area (Å²) in [5.41, 5.74) is 8.67. The van der Waals surface area contributed by atoms with Crippen molar-refractivity contribution in [2.24, 2.45) is 10.1 Å². The summed E-state index contributed by atoms with van der Waals surface area (Å²) >= 11 is 12.9. The lowest BCUT2D eigenvalue weighted by Gasteiger charge is -2.31. The van der Waals surface area contributed by atoms with Gasteiger partial charge in [-0.05, 0) is 59.6 Å². The minimum Gasteiger partial charge on any atom is -0.494 e. The third-order valence-corrected chi connectivity index (χ3v) is 7.93. The highest BCUT2D eigenvalue weighted by molar-refractivity contribution is 6.35. The van der Waals surface area contributed by atoms with Crippen molar-refractivity contribution in [1.29, 1.82) is 0 Å². The monoisotopic (exact) mass is 665 g/mol. The molecule has 0 spiro atoms. The maximum Gasteiger partial charge on any atom is 0.252 e. The summed E-state index contributed by atoms with van der Waals surface area (Å²) < 4.78 is 41.2. The number of hydrogen-bond donors (Lipinski definition) is 2. The number of aliphatic imine (C=N–C) groups is 1. The van der Waals surface area contributed by atoms with Crippen LogP contribution in [0.5, 0.6) is 5.75 Å². The average Bonchev–Trinajstić information content (AvgIpc) is 3.42. The van der Waals surface area contributed by atoms with Gasteiger partial charge in [0, 0.05) is 63.3 Å². The molecule has 9 nitrogen and oxygen atoms in total. The lowest BCUT2D eigenvalue weighted by Crippen LogP contribution is -2.50. The van der Waals surface area contributed by atoms with Gasteiger partial charge in [-0.3, -0.25) is 4.79 Å². The molecule has 1 heterocycles. The molecule has 0 aliphatic carbocycles. The second kappa shape index (κ2) is 14.6. The number of benzene rings is 4. The zero-order valence-corrected chi connectivity index (χ0v) is 25.7. The Morgan fingerprint density at radius 3 is 2.50 bits per heavy atom. The molecule has 46 heavy (non-hydrogen) atoms. The van der Waals surface area contributed by atoms with Gasteiger partial charge < -0.3 is 19.9 Å². The Kier molecular flexibility index (Phi) is 10.4. The van der Waals surface area contributed by atoms with Gasteiger partial charge in [0.1, 0.15) is 17.4 Å².